The van der Waals surface area contributed by atoms with Crippen LogP contribution in [-0.4, -0.2) is 38.4 Å². The summed E-state index contributed by atoms with van der Waals surface area (Å²) in [5.74, 6) is 0.526. The summed E-state index contributed by atoms with van der Waals surface area (Å²) in [6.45, 7) is 3.48. The van der Waals surface area contributed by atoms with Crippen molar-refractivity contribution in [1.82, 2.24) is 19.4 Å². The van der Waals surface area contributed by atoms with Crippen molar-refractivity contribution >= 4 is 28.3 Å². The summed E-state index contributed by atoms with van der Waals surface area (Å²) in [4.78, 5) is 35.0. The molecule has 0 aliphatic carbocycles. The number of para-hydroxylation sites is 3. The molecule has 0 spiro atoms. The van der Waals surface area contributed by atoms with Gasteiger partial charge in [-0.15, -0.1) is 11.3 Å². The number of carbonyl (C=O) groups is 1. The molecule has 32 heavy (non-hydrogen) atoms. The number of hydrogen-bond donors (Lipinski definition) is 1. The summed E-state index contributed by atoms with van der Waals surface area (Å²) in [7, 11) is 0. The lowest BCUT2D eigenvalue weighted by Crippen LogP contribution is -2.40. The summed E-state index contributed by atoms with van der Waals surface area (Å²) in [5.41, 5.74) is 3.09. The molecule has 1 amide bonds. The SMILES string of the molecule is Cc1nc(COc2ccccc2C(=O)N2CCC(n3c(=O)[nH]c4ccccc43)CC2)cs1. The number of aromatic nitrogens is 3. The largest absolute Gasteiger partial charge is 0.486 e. The fourth-order valence-corrected chi connectivity index (χ4v) is 4.93. The number of aryl methyl sites for hydroxylation is 1. The molecule has 1 fully saturated rings. The van der Waals surface area contributed by atoms with Crippen LogP contribution in [0.4, 0.5) is 0 Å². The van der Waals surface area contributed by atoms with E-state index < -0.39 is 0 Å². The Kier molecular flexibility index (Phi) is 5.53. The van der Waals surface area contributed by atoms with Gasteiger partial charge in [0.2, 0.25) is 0 Å². The van der Waals surface area contributed by atoms with Crippen molar-refractivity contribution in [2.24, 2.45) is 0 Å². The molecule has 8 heteroatoms. The second kappa shape index (κ2) is 8.63. The van der Waals surface area contributed by atoms with Gasteiger partial charge in [0.05, 0.1) is 27.3 Å². The number of likely N-dealkylation sites (tertiary alicyclic amines) is 1. The predicted molar refractivity (Wildman–Crippen MR) is 124 cm³/mol. The second-order valence-electron chi connectivity index (χ2n) is 7.98. The van der Waals surface area contributed by atoms with Crippen LogP contribution in [0, 0.1) is 6.92 Å². The molecule has 0 unspecified atom stereocenters. The number of amides is 1. The van der Waals surface area contributed by atoms with Gasteiger partial charge < -0.3 is 14.6 Å². The molecule has 5 rings (SSSR count). The molecule has 0 radical (unpaired) electrons. The van der Waals surface area contributed by atoms with Gasteiger partial charge in [0, 0.05) is 24.5 Å². The Labute approximate surface area is 189 Å². The quantitative estimate of drug-likeness (QED) is 0.497. The number of fused-ring (bicyclic) bond motifs is 1. The maximum absolute atomic E-state index is 13.3. The molecule has 4 aromatic rings. The van der Waals surface area contributed by atoms with Crippen molar-refractivity contribution in [3.63, 3.8) is 0 Å². The van der Waals surface area contributed by atoms with Crippen molar-refractivity contribution < 1.29 is 9.53 Å². The van der Waals surface area contributed by atoms with Gasteiger partial charge in [-0.2, -0.15) is 0 Å². The molecule has 0 saturated carbocycles. The minimum absolute atomic E-state index is 0.0419. The second-order valence-corrected chi connectivity index (χ2v) is 9.05. The standard InChI is InChI=1S/C24H24N4O3S/c1-16-25-17(15-32-16)14-31-22-9-5-2-6-19(22)23(29)27-12-10-18(11-13-27)28-21-8-4-3-7-20(21)26-24(28)30/h2-9,15,18H,10-14H2,1H3,(H,26,30). The molecule has 3 heterocycles. The van der Waals surface area contributed by atoms with Crippen LogP contribution in [0.3, 0.4) is 0 Å². The first-order valence-electron chi connectivity index (χ1n) is 10.7. The molecule has 1 saturated heterocycles. The average Bonchev–Trinajstić information content (AvgIpc) is 3.39. The number of H-pyrrole nitrogens is 1. The van der Waals surface area contributed by atoms with E-state index in [1.165, 1.54) is 0 Å². The van der Waals surface area contributed by atoms with Gasteiger partial charge in [-0.3, -0.25) is 9.36 Å². The number of nitrogens with one attached hydrogen (secondary N) is 1. The lowest BCUT2D eigenvalue weighted by molar-refractivity contribution is 0.0690. The fourth-order valence-electron chi connectivity index (χ4n) is 4.33. The molecule has 0 bridgehead atoms. The Bertz CT molecular complexity index is 1310. The van der Waals surface area contributed by atoms with E-state index in [4.69, 9.17) is 4.74 Å². The number of ether oxygens (including phenoxy) is 1. The zero-order valence-electron chi connectivity index (χ0n) is 17.8. The van der Waals surface area contributed by atoms with Gasteiger partial charge in [-0.1, -0.05) is 24.3 Å². The van der Waals surface area contributed by atoms with Crippen LogP contribution >= 0.6 is 11.3 Å². The summed E-state index contributed by atoms with van der Waals surface area (Å²) in [6, 6.07) is 15.2. The monoisotopic (exact) mass is 448 g/mol. The lowest BCUT2D eigenvalue weighted by Gasteiger charge is -2.33. The Morgan fingerprint density at radius 3 is 2.69 bits per heavy atom. The van der Waals surface area contributed by atoms with E-state index in [-0.39, 0.29) is 17.6 Å². The topological polar surface area (TPSA) is 80.2 Å². The van der Waals surface area contributed by atoms with Crippen LogP contribution in [0.25, 0.3) is 11.0 Å². The molecule has 0 atom stereocenters. The minimum atomic E-state index is -0.0907. The summed E-state index contributed by atoms with van der Waals surface area (Å²) in [6.07, 6.45) is 1.46. The van der Waals surface area contributed by atoms with Gasteiger partial charge in [0.25, 0.3) is 5.91 Å². The maximum Gasteiger partial charge on any atom is 0.326 e. The first-order chi connectivity index (χ1) is 15.6. The zero-order chi connectivity index (χ0) is 22.1. The third-order valence-electron chi connectivity index (χ3n) is 5.90. The molecule has 164 valence electrons. The van der Waals surface area contributed by atoms with Crippen LogP contribution in [-0.2, 0) is 6.61 Å². The van der Waals surface area contributed by atoms with Crippen molar-refractivity contribution in [2.75, 3.05) is 13.1 Å². The zero-order valence-corrected chi connectivity index (χ0v) is 18.6. The molecule has 2 aromatic heterocycles. The maximum atomic E-state index is 13.3. The number of piperidine rings is 1. The predicted octanol–water partition coefficient (Wildman–Crippen LogP) is 4.15. The number of nitrogens with zero attached hydrogens (tertiary/aromatic N) is 3. The van der Waals surface area contributed by atoms with E-state index in [0.29, 0.717) is 31.0 Å². The number of hydrogen-bond acceptors (Lipinski definition) is 5. The van der Waals surface area contributed by atoms with Crippen molar-refractivity contribution in [3.05, 3.63) is 80.7 Å². The highest BCUT2D eigenvalue weighted by Crippen LogP contribution is 2.28. The number of carbonyl (C=O) groups excluding carboxylic acids is 1. The summed E-state index contributed by atoms with van der Waals surface area (Å²) >= 11 is 1.58. The minimum Gasteiger partial charge on any atom is -0.486 e. The highest BCUT2D eigenvalue weighted by atomic mass is 32.1. The number of rotatable bonds is 5. The summed E-state index contributed by atoms with van der Waals surface area (Å²) in [5, 5.41) is 2.96. The van der Waals surface area contributed by atoms with Crippen LogP contribution < -0.4 is 10.4 Å². The van der Waals surface area contributed by atoms with E-state index in [0.717, 1.165) is 34.6 Å². The normalized spacial score (nSPS) is 14.7. The summed E-state index contributed by atoms with van der Waals surface area (Å²) < 4.78 is 7.78. The first-order valence-corrected chi connectivity index (χ1v) is 11.6. The van der Waals surface area contributed by atoms with Crippen LogP contribution in [0.5, 0.6) is 5.75 Å². The van der Waals surface area contributed by atoms with E-state index in [2.05, 4.69) is 9.97 Å². The highest BCUT2D eigenvalue weighted by molar-refractivity contribution is 7.09. The molecule has 7 nitrogen and oxygen atoms in total. The highest BCUT2D eigenvalue weighted by Gasteiger charge is 2.28. The smallest absolute Gasteiger partial charge is 0.326 e. The van der Waals surface area contributed by atoms with Gasteiger partial charge in [-0.05, 0) is 44.0 Å². The van der Waals surface area contributed by atoms with E-state index in [9.17, 15) is 9.59 Å². The molecule has 1 aliphatic heterocycles. The van der Waals surface area contributed by atoms with Crippen LogP contribution in [0.15, 0.2) is 58.7 Å². The average molecular weight is 449 g/mol. The molecule has 2 aromatic carbocycles. The third-order valence-corrected chi connectivity index (χ3v) is 6.72. The van der Waals surface area contributed by atoms with E-state index in [1.807, 2.05) is 64.2 Å². The Hall–Kier alpha value is -3.39. The van der Waals surface area contributed by atoms with E-state index >= 15 is 0 Å². The number of benzene rings is 2. The van der Waals surface area contributed by atoms with Crippen LogP contribution in [0.2, 0.25) is 0 Å². The number of thiazole rings is 1. The molecule has 1 N–H and O–H groups in total. The van der Waals surface area contributed by atoms with Crippen LogP contribution in [0.1, 0.15) is 39.9 Å². The third kappa shape index (κ3) is 3.93. The molecular weight excluding hydrogens is 424 g/mol. The first kappa shape index (κ1) is 20.5. The van der Waals surface area contributed by atoms with Crippen molar-refractivity contribution in [3.8, 4) is 5.75 Å². The Balaban J connectivity index is 1.28. The number of imidazole rings is 1. The Morgan fingerprint density at radius 2 is 1.91 bits per heavy atom. The Morgan fingerprint density at radius 1 is 1.16 bits per heavy atom. The van der Waals surface area contributed by atoms with Gasteiger partial charge in [0.15, 0.2) is 0 Å². The fraction of sp³-hybridized carbons (Fsp3) is 0.292. The van der Waals surface area contributed by atoms with Gasteiger partial charge >= 0.3 is 5.69 Å². The van der Waals surface area contributed by atoms with E-state index in [1.54, 1.807) is 17.4 Å². The number of aromatic amines is 1. The lowest BCUT2D eigenvalue weighted by atomic mass is 10.0. The van der Waals surface area contributed by atoms with Gasteiger partial charge in [0.1, 0.15) is 12.4 Å². The van der Waals surface area contributed by atoms with Gasteiger partial charge in [-0.25, -0.2) is 9.78 Å². The molecule has 1 aliphatic rings. The molecular formula is C24H24N4O3S. The van der Waals surface area contributed by atoms with Crippen molar-refractivity contribution in [1.29, 1.82) is 0 Å². The van der Waals surface area contributed by atoms with Crippen molar-refractivity contribution in [2.45, 2.75) is 32.4 Å².